The molecule has 0 saturated heterocycles. The topological polar surface area (TPSA) is 52.6 Å². The summed E-state index contributed by atoms with van der Waals surface area (Å²) < 4.78 is 0. The number of carbonyl (C=O) groups is 1. The van der Waals surface area contributed by atoms with Gasteiger partial charge in [0.15, 0.2) is 0 Å². The van der Waals surface area contributed by atoms with Crippen molar-refractivity contribution in [2.45, 2.75) is 60.2 Å². The maximum atomic E-state index is 11.6. The highest BCUT2D eigenvalue weighted by molar-refractivity contribution is 5.81. The van der Waals surface area contributed by atoms with Gasteiger partial charge in [0.25, 0.3) is 0 Å². The summed E-state index contributed by atoms with van der Waals surface area (Å²) in [5.74, 6) is -0.782. The van der Waals surface area contributed by atoms with Crippen LogP contribution in [0.3, 0.4) is 0 Å². The Morgan fingerprint density at radius 2 is 1.65 bits per heavy atom. The molecule has 0 radical (unpaired) electrons. The summed E-state index contributed by atoms with van der Waals surface area (Å²) in [7, 11) is 0. The van der Waals surface area contributed by atoms with Crippen molar-refractivity contribution in [2.75, 3.05) is 0 Å². The Hall–Kier alpha value is -2.17. The Bertz CT molecular complexity index is 838. The summed E-state index contributed by atoms with van der Waals surface area (Å²) in [6, 6.07) is 8.77. The number of rotatable bonds is 5. The molecule has 0 fully saturated rings. The molecule has 4 nitrogen and oxygen atoms in total. The molecule has 0 spiro atoms. The van der Waals surface area contributed by atoms with Crippen molar-refractivity contribution in [3.05, 3.63) is 57.6 Å². The Labute approximate surface area is 155 Å². The van der Waals surface area contributed by atoms with Crippen LogP contribution in [0.4, 0.5) is 0 Å². The molecule has 2 aromatic rings. The van der Waals surface area contributed by atoms with E-state index >= 15 is 0 Å². The van der Waals surface area contributed by atoms with E-state index in [-0.39, 0.29) is 6.42 Å². The second kappa shape index (κ2) is 7.22. The number of benzene rings is 2. The molecule has 138 valence electrons. The third-order valence-corrected chi connectivity index (χ3v) is 5.21. The van der Waals surface area contributed by atoms with Gasteiger partial charge in [-0.15, -0.1) is 0 Å². The number of hydrazine groups is 1. The fraction of sp³-hybridized carbons (Fsp3) is 0.409. The lowest BCUT2D eigenvalue weighted by molar-refractivity contribution is -0.136. The van der Waals surface area contributed by atoms with Crippen molar-refractivity contribution in [1.82, 2.24) is 10.4 Å². The predicted molar refractivity (Wildman–Crippen MR) is 105 cm³/mol. The second-order valence-corrected chi connectivity index (χ2v) is 7.64. The van der Waals surface area contributed by atoms with Crippen molar-refractivity contribution in [3.63, 3.8) is 0 Å². The minimum atomic E-state index is -0.782. The van der Waals surface area contributed by atoms with E-state index in [2.05, 4.69) is 69.3 Å². The van der Waals surface area contributed by atoms with Crippen LogP contribution in [0.1, 0.15) is 47.2 Å². The minimum Gasteiger partial charge on any atom is -0.481 e. The number of nitrogens with one attached hydrogen (secondary N) is 1. The van der Waals surface area contributed by atoms with Crippen LogP contribution in [0.15, 0.2) is 24.3 Å². The van der Waals surface area contributed by atoms with Gasteiger partial charge in [-0.05, 0) is 73.6 Å². The maximum absolute atomic E-state index is 11.6. The van der Waals surface area contributed by atoms with Gasteiger partial charge < -0.3 is 5.11 Å². The molecule has 0 aliphatic carbocycles. The molecule has 2 N–H and O–H groups in total. The monoisotopic (exact) mass is 352 g/mol. The van der Waals surface area contributed by atoms with Gasteiger partial charge in [-0.25, -0.2) is 5.01 Å². The van der Waals surface area contributed by atoms with E-state index in [0.717, 1.165) is 35.3 Å². The molecule has 0 atom stereocenters. The largest absolute Gasteiger partial charge is 0.481 e. The summed E-state index contributed by atoms with van der Waals surface area (Å²) in [5.41, 5.74) is 12.8. The summed E-state index contributed by atoms with van der Waals surface area (Å²) in [4.78, 5) is 11.6. The van der Waals surface area contributed by atoms with Gasteiger partial charge in [-0.2, -0.15) is 0 Å². The third kappa shape index (κ3) is 3.53. The smallest absolute Gasteiger partial charge is 0.307 e. The zero-order valence-corrected chi connectivity index (χ0v) is 16.3. The number of carboxylic acid groups (broad SMARTS) is 1. The van der Waals surface area contributed by atoms with Gasteiger partial charge in [-0.3, -0.25) is 10.2 Å². The average molecular weight is 352 g/mol. The normalized spacial score (nSPS) is 14.1. The molecular weight excluding hydrogens is 324 g/mol. The van der Waals surface area contributed by atoms with E-state index in [1.807, 2.05) is 0 Å². The molecule has 1 heterocycles. The Kier molecular flexibility index (Phi) is 5.17. The zero-order valence-electron chi connectivity index (χ0n) is 16.3. The fourth-order valence-electron chi connectivity index (χ4n) is 4.00. The van der Waals surface area contributed by atoms with E-state index in [9.17, 15) is 9.90 Å². The fourth-order valence-corrected chi connectivity index (χ4v) is 4.00. The highest BCUT2D eigenvalue weighted by Gasteiger charge is 2.28. The second-order valence-electron chi connectivity index (χ2n) is 7.64. The lowest BCUT2D eigenvalue weighted by atomic mass is 9.84. The highest BCUT2D eigenvalue weighted by Crippen LogP contribution is 2.39. The first-order valence-electron chi connectivity index (χ1n) is 9.21. The number of carboxylic acids is 1. The predicted octanol–water partition coefficient (Wildman–Crippen LogP) is 4.13. The van der Waals surface area contributed by atoms with Crippen LogP contribution in [0.2, 0.25) is 0 Å². The Morgan fingerprint density at radius 3 is 2.19 bits per heavy atom. The van der Waals surface area contributed by atoms with E-state index < -0.39 is 5.97 Å². The van der Waals surface area contributed by atoms with Crippen LogP contribution in [0.5, 0.6) is 0 Å². The first-order chi connectivity index (χ1) is 12.3. The molecule has 0 amide bonds. The van der Waals surface area contributed by atoms with Gasteiger partial charge in [0.05, 0.1) is 6.42 Å². The van der Waals surface area contributed by atoms with Crippen LogP contribution in [-0.4, -0.2) is 22.1 Å². The molecule has 4 heteroatoms. The van der Waals surface area contributed by atoms with Crippen molar-refractivity contribution in [3.8, 4) is 11.1 Å². The SMILES string of the molecule is Cc1ccc(-c2c(C)c3c(c(C)c2CC(=O)O)CN(NC(C)C)C3)cc1. The van der Waals surface area contributed by atoms with Gasteiger partial charge >= 0.3 is 5.97 Å². The molecule has 26 heavy (non-hydrogen) atoms. The minimum absolute atomic E-state index is 0.0563. The van der Waals surface area contributed by atoms with E-state index in [4.69, 9.17) is 0 Å². The first kappa shape index (κ1) is 18.6. The van der Waals surface area contributed by atoms with Crippen molar-refractivity contribution < 1.29 is 9.90 Å². The Morgan fingerprint density at radius 1 is 1.08 bits per heavy atom. The van der Waals surface area contributed by atoms with Crippen LogP contribution in [0.25, 0.3) is 11.1 Å². The van der Waals surface area contributed by atoms with Crippen LogP contribution < -0.4 is 5.43 Å². The lowest BCUT2D eigenvalue weighted by Gasteiger charge is -2.20. The number of aliphatic carboxylic acids is 1. The van der Waals surface area contributed by atoms with Crippen LogP contribution >= 0.6 is 0 Å². The molecule has 1 aliphatic rings. The number of fused-ring (bicyclic) bond motifs is 1. The Balaban J connectivity index is 2.16. The molecule has 2 aromatic carbocycles. The quantitative estimate of drug-likeness (QED) is 0.849. The molecule has 1 aliphatic heterocycles. The van der Waals surface area contributed by atoms with Crippen molar-refractivity contribution in [1.29, 1.82) is 0 Å². The van der Waals surface area contributed by atoms with E-state index in [0.29, 0.717) is 6.04 Å². The summed E-state index contributed by atoms with van der Waals surface area (Å²) in [6.07, 6.45) is 0.0563. The number of hydrogen-bond acceptors (Lipinski definition) is 3. The van der Waals surface area contributed by atoms with E-state index in [1.165, 1.54) is 22.3 Å². The third-order valence-electron chi connectivity index (χ3n) is 5.21. The highest BCUT2D eigenvalue weighted by atomic mass is 16.4. The standard InChI is InChI=1S/C22H28N2O2/c1-13(2)23-24-11-19-15(4)18(10-21(25)26)22(16(5)20(19)12-24)17-8-6-14(3)7-9-17/h6-9,13,23H,10-12H2,1-5H3,(H,25,26). The molecule has 3 rings (SSSR count). The van der Waals surface area contributed by atoms with Gasteiger partial charge in [-0.1, -0.05) is 29.8 Å². The van der Waals surface area contributed by atoms with Gasteiger partial charge in [0.2, 0.25) is 0 Å². The maximum Gasteiger partial charge on any atom is 0.307 e. The average Bonchev–Trinajstić information content (AvgIpc) is 2.97. The lowest BCUT2D eigenvalue weighted by Crippen LogP contribution is -2.38. The summed E-state index contributed by atoms with van der Waals surface area (Å²) in [5, 5.41) is 11.7. The zero-order chi connectivity index (χ0) is 19.0. The van der Waals surface area contributed by atoms with Crippen LogP contribution in [-0.2, 0) is 24.3 Å². The summed E-state index contributed by atoms with van der Waals surface area (Å²) in [6.45, 7) is 12.2. The number of aryl methyl sites for hydroxylation is 1. The molecule has 0 saturated carbocycles. The van der Waals surface area contributed by atoms with Crippen molar-refractivity contribution in [2.24, 2.45) is 0 Å². The van der Waals surface area contributed by atoms with Crippen LogP contribution in [0, 0.1) is 20.8 Å². The molecule has 0 unspecified atom stereocenters. The van der Waals surface area contributed by atoms with E-state index in [1.54, 1.807) is 0 Å². The molecule has 0 aromatic heterocycles. The van der Waals surface area contributed by atoms with Crippen molar-refractivity contribution >= 4 is 5.97 Å². The molecular formula is C22H28N2O2. The van der Waals surface area contributed by atoms with Gasteiger partial charge in [0.1, 0.15) is 0 Å². The van der Waals surface area contributed by atoms with Gasteiger partial charge in [0, 0.05) is 19.1 Å². The number of hydrogen-bond donors (Lipinski definition) is 2. The number of nitrogens with zero attached hydrogens (tertiary/aromatic N) is 1. The first-order valence-corrected chi connectivity index (χ1v) is 9.21. The summed E-state index contributed by atoms with van der Waals surface area (Å²) >= 11 is 0. The molecule has 0 bridgehead atoms.